The number of carbonyl (C=O) groups excluding carboxylic acids is 1. The summed E-state index contributed by atoms with van der Waals surface area (Å²) in [6.07, 6.45) is 2.68. The molecule has 28 heavy (non-hydrogen) atoms. The zero-order valence-electron chi connectivity index (χ0n) is 20.2. The lowest BCUT2D eigenvalue weighted by atomic mass is 9.86. The van der Waals surface area contributed by atoms with Crippen LogP contribution in [0.3, 0.4) is 0 Å². The average molecular weight is 429 g/mol. The summed E-state index contributed by atoms with van der Waals surface area (Å²) in [5.41, 5.74) is -0.653. The first-order chi connectivity index (χ1) is 12.4. The first-order valence-corrected chi connectivity index (χ1v) is 16.8. The Morgan fingerprint density at radius 2 is 1.46 bits per heavy atom. The summed E-state index contributed by atoms with van der Waals surface area (Å²) in [6.45, 7) is 24.8. The molecule has 2 aliphatic rings. The fraction of sp³-hybridized carbons (Fsp3) is 0.955. The highest BCUT2D eigenvalue weighted by Gasteiger charge is 2.56. The van der Waals surface area contributed by atoms with E-state index in [1.54, 1.807) is 0 Å². The largest absolute Gasteiger partial charge is 0.411 e. The van der Waals surface area contributed by atoms with E-state index in [9.17, 15) is 4.79 Å². The third-order valence-electron chi connectivity index (χ3n) is 7.75. The first-order valence-electron chi connectivity index (χ1n) is 11.0. The molecule has 0 aromatic carbocycles. The lowest BCUT2D eigenvalue weighted by Gasteiger charge is -2.52. The smallest absolute Gasteiger partial charge is 0.192 e. The highest BCUT2D eigenvalue weighted by molar-refractivity contribution is 6.74. The second-order valence-corrected chi connectivity index (χ2v) is 21.6. The van der Waals surface area contributed by atoms with Gasteiger partial charge in [0.05, 0.1) is 18.3 Å². The molecule has 0 N–H and O–H groups in total. The standard InChI is InChI=1S/C22H44O4Si2/c1-16-19(26-28(10,11)21(5,6)7)17(25-27(8,9)20(2,3)4)15-22(24-16)14-12-13-18(22)23/h16-17,19H,12-15H2,1-11H3/t16-,17-,19+,22+/m0/s1. The predicted molar refractivity (Wildman–Crippen MR) is 121 cm³/mol. The van der Waals surface area contributed by atoms with Crippen molar-refractivity contribution in [1.29, 1.82) is 0 Å². The molecular weight excluding hydrogens is 384 g/mol. The third-order valence-corrected chi connectivity index (χ3v) is 16.7. The van der Waals surface area contributed by atoms with Crippen LogP contribution in [0, 0.1) is 0 Å². The van der Waals surface area contributed by atoms with Gasteiger partial charge in [-0.05, 0) is 56.0 Å². The molecule has 0 unspecified atom stereocenters. The van der Waals surface area contributed by atoms with E-state index in [0.717, 1.165) is 12.8 Å². The molecule has 1 saturated heterocycles. The van der Waals surface area contributed by atoms with Gasteiger partial charge in [0.25, 0.3) is 0 Å². The lowest BCUT2D eigenvalue weighted by Crippen LogP contribution is -2.62. The van der Waals surface area contributed by atoms with Gasteiger partial charge in [-0.1, -0.05) is 41.5 Å². The summed E-state index contributed by atoms with van der Waals surface area (Å²) in [6, 6.07) is 0. The molecule has 1 heterocycles. The Morgan fingerprint density at radius 3 is 1.89 bits per heavy atom. The highest BCUT2D eigenvalue weighted by Crippen LogP contribution is 2.47. The number of rotatable bonds is 4. The van der Waals surface area contributed by atoms with Gasteiger partial charge in [0.1, 0.15) is 5.60 Å². The highest BCUT2D eigenvalue weighted by atomic mass is 28.4. The summed E-state index contributed by atoms with van der Waals surface area (Å²) in [7, 11) is -4.00. The molecule has 0 bridgehead atoms. The number of hydrogen-bond acceptors (Lipinski definition) is 4. The Labute approximate surface area is 175 Å². The van der Waals surface area contributed by atoms with Crippen molar-refractivity contribution in [3.8, 4) is 0 Å². The van der Waals surface area contributed by atoms with Crippen molar-refractivity contribution in [2.45, 2.75) is 134 Å². The van der Waals surface area contributed by atoms with Gasteiger partial charge in [-0.15, -0.1) is 0 Å². The topological polar surface area (TPSA) is 44.8 Å². The molecule has 164 valence electrons. The van der Waals surface area contributed by atoms with E-state index in [0.29, 0.717) is 12.8 Å². The van der Waals surface area contributed by atoms with Crippen LogP contribution >= 0.6 is 0 Å². The summed E-state index contributed by atoms with van der Waals surface area (Å²) in [5, 5.41) is 0.232. The molecule has 2 fully saturated rings. The Bertz CT molecular complexity index is 588. The Balaban J connectivity index is 2.37. The van der Waals surface area contributed by atoms with Crippen molar-refractivity contribution in [1.82, 2.24) is 0 Å². The maximum atomic E-state index is 12.8. The maximum Gasteiger partial charge on any atom is 0.192 e. The third kappa shape index (κ3) is 4.66. The second-order valence-electron chi connectivity index (χ2n) is 12.1. The number of ketones is 1. The van der Waals surface area contributed by atoms with E-state index in [1.165, 1.54) is 0 Å². The lowest BCUT2D eigenvalue weighted by molar-refractivity contribution is -0.199. The van der Waals surface area contributed by atoms with Crippen LogP contribution in [0.25, 0.3) is 0 Å². The molecule has 0 radical (unpaired) electrons. The zero-order valence-corrected chi connectivity index (χ0v) is 22.2. The van der Waals surface area contributed by atoms with Crippen LogP contribution in [0.15, 0.2) is 0 Å². The summed E-state index contributed by atoms with van der Waals surface area (Å²) in [5.74, 6) is 0.258. The molecule has 1 saturated carbocycles. The number of ether oxygens (including phenoxy) is 1. The minimum Gasteiger partial charge on any atom is -0.411 e. The van der Waals surface area contributed by atoms with E-state index in [-0.39, 0.29) is 34.2 Å². The SMILES string of the molecule is C[C@@H]1O[C@]2(CCCC2=O)C[C@H](O[Si](C)(C)C(C)(C)C)[C@@H]1O[Si](C)(C)C(C)(C)C. The number of carbonyl (C=O) groups is 1. The van der Waals surface area contributed by atoms with Crippen molar-refractivity contribution in [2.24, 2.45) is 0 Å². The minimum atomic E-state index is -2.01. The fourth-order valence-corrected chi connectivity index (χ4v) is 6.51. The normalized spacial score (nSPS) is 33.0. The van der Waals surface area contributed by atoms with Crippen molar-refractivity contribution in [2.75, 3.05) is 0 Å². The van der Waals surface area contributed by atoms with Crippen LogP contribution in [0.4, 0.5) is 0 Å². The molecule has 1 aliphatic heterocycles. The van der Waals surface area contributed by atoms with E-state index >= 15 is 0 Å². The summed E-state index contributed by atoms with van der Waals surface area (Å²) >= 11 is 0. The van der Waals surface area contributed by atoms with E-state index < -0.39 is 22.2 Å². The number of Topliss-reactive ketones (excluding diaryl/α,β-unsaturated/α-hetero) is 1. The Kier molecular flexibility index (Phi) is 6.58. The van der Waals surface area contributed by atoms with Gasteiger partial charge in [0.15, 0.2) is 22.4 Å². The van der Waals surface area contributed by atoms with Crippen LogP contribution < -0.4 is 0 Å². The fourth-order valence-electron chi connectivity index (χ4n) is 3.81. The predicted octanol–water partition coefficient (Wildman–Crippen LogP) is 6.07. The second kappa shape index (κ2) is 7.59. The first kappa shape index (κ1) is 24.3. The molecule has 4 nitrogen and oxygen atoms in total. The summed E-state index contributed by atoms with van der Waals surface area (Å²) < 4.78 is 20.2. The average Bonchev–Trinajstić information content (AvgIpc) is 2.80. The van der Waals surface area contributed by atoms with Crippen LogP contribution in [-0.2, 0) is 18.4 Å². The number of hydrogen-bond donors (Lipinski definition) is 0. The summed E-state index contributed by atoms with van der Waals surface area (Å²) in [4.78, 5) is 12.8. The van der Waals surface area contributed by atoms with Gasteiger partial charge in [-0.3, -0.25) is 4.79 Å². The Morgan fingerprint density at radius 1 is 0.964 bits per heavy atom. The monoisotopic (exact) mass is 428 g/mol. The quantitative estimate of drug-likeness (QED) is 0.510. The van der Waals surface area contributed by atoms with E-state index in [2.05, 4.69) is 74.7 Å². The van der Waals surface area contributed by atoms with Crippen LogP contribution in [0.1, 0.15) is 74.1 Å². The molecule has 0 aromatic heterocycles. The van der Waals surface area contributed by atoms with Gasteiger partial charge in [-0.25, -0.2) is 0 Å². The Hall–Kier alpha value is -0.0162. The van der Waals surface area contributed by atoms with Crippen LogP contribution in [0.2, 0.25) is 36.3 Å². The molecule has 0 amide bonds. The maximum absolute atomic E-state index is 12.8. The zero-order chi connectivity index (χ0) is 21.8. The van der Waals surface area contributed by atoms with Crippen LogP contribution in [0.5, 0.6) is 0 Å². The molecule has 1 aliphatic carbocycles. The van der Waals surface area contributed by atoms with Crippen LogP contribution in [-0.4, -0.2) is 46.3 Å². The van der Waals surface area contributed by atoms with Gasteiger partial charge in [-0.2, -0.15) is 0 Å². The molecule has 0 aromatic rings. The molecule has 2 rings (SSSR count). The van der Waals surface area contributed by atoms with Crippen molar-refractivity contribution in [3.05, 3.63) is 0 Å². The van der Waals surface area contributed by atoms with Crippen molar-refractivity contribution in [3.63, 3.8) is 0 Å². The molecule has 4 atom stereocenters. The van der Waals surface area contributed by atoms with Gasteiger partial charge < -0.3 is 13.6 Å². The van der Waals surface area contributed by atoms with Crippen molar-refractivity contribution < 1.29 is 18.4 Å². The molecular formula is C22H44O4Si2. The van der Waals surface area contributed by atoms with Gasteiger partial charge in [0.2, 0.25) is 0 Å². The van der Waals surface area contributed by atoms with Crippen molar-refractivity contribution >= 4 is 22.4 Å². The molecule has 1 spiro atoms. The van der Waals surface area contributed by atoms with E-state index in [4.69, 9.17) is 13.6 Å². The minimum absolute atomic E-state index is 0.0826. The van der Waals surface area contributed by atoms with E-state index in [1.807, 2.05) is 0 Å². The molecule has 6 heteroatoms. The van der Waals surface area contributed by atoms with Gasteiger partial charge in [0, 0.05) is 12.8 Å². The van der Waals surface area contributed by atoms with Gasteiger partial charge >= 0.3 is 0 Å².